The second-order valence-corrected chi connectivity index (χ2v) is 6.89. The summed E-state index contributed by atoms with van der Waals surface area (Å²) in [7, 11) is 0. The van der Waals surface area contributed by atoms with Crippen molar-refractivity contribution in [2.75, 3.05) is 5.32 Å². The molecule has 5 nitrogen and oxygen atoms in total. The van der Waals surface area contributed by atoms with Crippen LogP contribution in [0, 0.1) is 32.1 Å². The van der Waals surface area contributed by atoms with Crippen LogP contribution in [-0.4, -0.2) is 15.5 Å². The number of amides is 1. The van der Waals surface area contributed by atoms with Crippen LogP contribution >= 0.6 is 11.6 Å². The molecule has 1 aromatic carbocycles. The van der Waals surface area contributed by atoms with E-state index in [2.05, 4.69) is 10.3 Å². The second-order valence-electron chi connectivity index (χ2n) is 6.46. The molecule has 2 aromatic heterocycles. The van der Waals surface area contributed by atoms with Gasteiger partial charge in [-0.2, -0.15) is 5.26 Å². The molecule has 0 aliphatic carbocycles. The number of hydrogen-bond acceptors (Lipinski definition) is 3. The van der Waals surface area contributed by atoms with Gasteiger partial charge in [-0.3, -0.25) is 9.78 Å². The molecule has 0 bridgehead atoms. The first-order valence-electron chi connectivity index (χ1n) is 8.69. The molecular formula is C22H19ClN4O. The van der Waals surface area contributed by atoms with E-state index < -0.39 is 5.91 Å². The quantitative estimate of drug-likeness (QED) is 0.503. The van der Waals surface area contributed by atoms with Crippen LogP contribution in [0.2, 0.25) is 5.02 Å². The summed E-state index contributed by atoms with van der Waals surface area (Å²) in [5, 5.41) is 12.9. The molecule has 0 saturated carbocycles. The maximum atomic E-state index is 12.6. The van der Waals surface area contributed by atoms with Crippen LogP contribution in [0.5, 0.6) is 0 Å². The minimum absolute atomic E-state index is 0.0285. The standard InChI is InChI=1S/C22H19ClN4O/c1-14-9-19(23)6-7-21(14)26-22(28)18(12-24)11-17-10-15(2)27(16(17)3)20-5-4-8-25-13-20/h4-11,13H,1-3H3,(H,26,28)/b18-11+. The fourth-order valence-corrected chi connectivity index (χ4v) is 3.30. The van der Waals surface area contributed by atoms with Gasteiger partial charge in [-0.05, 0) is 74.4 Å². The molecule has 0 aliphatic heterocycles. The number of nitriles is 1. The van der Waals surface area contributed by atoms with E-state index in [9.17, 15) is 10.1 Å². The van der Waals surface area contributed by atoms with E-state index in [1.807, 2.05) is 49.6 Å². The maximum Gasteiger partial charge on any atom is 0.266 e. The third-order valence-electron chi connectivity index (χ3n) is 4.48. The van der Waals surface area contributed by atoms with Crippen LogP contribution in [0.15, 0.2) is 54.4 Å². The Hall–Kier alpha value is -3.36. The summed E-state index contributed by atoms with van der Waals surface area (Å²) < 4.78 is 2.04. The van der Waals surface area contributed by atoms with Crippen LogP contribution < -0.4 is 5.32 Å². The molecule has 0 aliphatic rings. The van der Waals surface area contributed by atoms with Gasteiger partial charge >= 0.3 is 0 Å². The number of rotatable bonds is 4. The van der Waals surface area contributed by atoms with Crippen molar-refractivity contribution >= 4 is 29.3 Å². The van der Waals surface area contributed by atoms with Crippen molar-refractivity contribution in [1.82, 2.24) is 9.55 Å². The average Bonchev–Trinajstić information content (AvgIpc) is 2.95. The Morgan fingerprint density at radius 3 is 2.68 bits per heavy atom. The molecule has 140 valence electrons. The highest BCUT2D eigenvalue weighted by Gasteiger charge is 2.14. The minimum atomic E-state index is -0.459. The Morgan fingerprint density at radius 1 is 1.25 bits per heavy atom. The molecule has 3 rings (SSSR count). The van der Waals surface area contributed by atoms with Crippen molar-refractivity contribution < 1.29 is 4.79 Å². The lowest BCUT2D eigenvalue weighted by atomic mass is 10.1. The first-order chi connectivity index (χ1) is 13.4. The molecule has 0 atom stereocenters. The molecule has 6 heteroatoms. The first-order valence-corrected chi connectivity index (χ1v) is 9.07. The average molecular weight is 391 g/mol. The Labute approximate surface area is 168 Å². The summed E-state index contributed by atoms with van der Waals surface area (Å²) in [5.41, 5.74) is 5.12. The summed E-state index contributed by atoms with van der Waals surface area (Å²) in [6, 6.07) is 12.9. The lowest BCUT2D eigenvalue weighted by Gasteiger charge is -2.09. The van der Waals surface area contributed by atoms with Crippen molar-refractivity contribution in [2.24, 2.45) is 0 Å². The number of nitrogens with one attached hydrogen (secondary N) is 1. The van der Waals surface area contributed by atoms with Gasteiger partial charge in [0.15, 0.2) is 0 Å². The van der Waals surface area contributed by atoms with Gasteiger partial charge in [0, 0.05) is 28.3 Å². The SMILES string of the molecule is Cc1cc(Cl)ccc1NC(=O)/C(C#N)=C/c1cc(C)n(-c2cccnc2)c1C. The molecule has 0 saturated heterocycles. The summed E-state index contributed by atoms with van der Waals surface area (Å²) >= 11 is 5.95. The number of anilines is 1. The maximum absolute atomic E-state index is 12.6. The fraction of sp³-hybridized carbons (Fsp3) is 0.136. The molecule has 0 unspecified atom stereocenters. The van der Waals surface area contributed by atoms with Crippen molar-refractivity contribution in [3.8, 4) is 11.8 Å². The molecule has 1 N–H and O–H groups in total. The third kappa shape index (κ3) is 3.98. The number of pyridine rings is 1. The van der Waals surface area contributed by atoms with Gasteiger partial charge in [0.1, 0.15) is 11.6 Å². The van der Waals surface area contributed by atoms with E-state index in [1.165, 1.54) is 0 Å². The van der Waals surface area contributed by atoms with E-state index in [-0.39, 0.29) is 5.57 Å². The summed E-state index contributed by atoms with van der Waals surface area (Å²) in [6.07, 6.45) is 5.10. The van der Waals surface area contributed by atoms with Gasteiger partial charge in [-0.1, -0.05) is 11.6 Å². The van der Waals surface area contributed by atoms with Crippen molar-refractivity contribution in [1.29, 1.82) is 5.26 Å². The zero-order chi connectivity index (χ0) is 20.3. The summed E-state index contributed by atoms with van der Waals surface area (Å²) in [5.74, 6) is -0.459. The zero-order valence-electron chi connectivity index (χ0n) is 15.8. The molecule has 3 aromatic rings. The van der Waals surface area contributed by atoms with Crippen LogP contribution in [0.25, 0.3) is 11.8 Å². The highest BCUT2D eigenvalue weighted by Crippen LogP contribution is 2.24. The van der Waals surface area contributed by atoms with Crippen LogP contribution in [0.4, 0.5) is 5.69 Å². The number of hydrogen-bond donors (Lipinski definition) is 1. The monoisotopic (exact) mass is 390 g/mol. The van der Waals surface area contributed by atoms with E-state index in [0.29, 0.717) is 10.7 Å². The topological polar surface area (TPSA) is 70.7 Å². The van der Waals surface area contributed by atoms with Crippen LogP contribution in [0.1, 0.15) is 22.5 Å². The number of aryl methyl sites for hydroxylation is 2. The molecule has 1 amide bonds. The molecule has 28 heavy (non-hydrogen) atoms. The van der Waals surface area contributed by atoms with Crippen molar-refractivity contribution in [3.05, 3.63) is 81.9 Å². The van der Waals surface area contributed by atoms with E-state index in [0.717, 1.165) is 28.2 Å². The largest absolute Gasteiger partial charge is 0.321 e. The Morgan fingerprint density at radius 2 is 2.04 bits per heavy atom. The molecule has 0 spiro atoms. The number of benzene rings is 1. The normalized spacial score (nSPS) is 11.2. The van der Waals surface area contributed by atoms with Crippen molar-refractivity contribution in [2.45, 2.75) is 20.8 Å². The zero-order valence-corrected chi connectivity index (χ0v) is 16.6. The van der Waals surface area contributed by atoms with Gasteiger partial charge in [0.05, 0.1) is 11.9 Å². The number of nitrogens with zero attached hydrogens (tertiary/aromatic N) is 3. The van der Waals surface area contributed by atoms with Gasteiger partial charge in [0.25, 0.3) is 5.91 Å². The van der Waals surface area contributed by atoms with Gasteiger partial charge in [0.2, 0.25) is 0 Å². The highest BCUT2D eigenvalue weighted by molar-refractivity contribution is 6.30. The third-order valence-corrected chi connectivity index (χ3v) is 4.71. The lowest BCUT2D eigenvalue weighted by molar-refractivity contribution is -0.112. The van der Waals surface area contributed by atoms with E-state index in [4.69, 9.17) is 11.6 Å². The first kappa shape index (κ1) is 19.4. The van der Waals surface area contributed by atoms with E-state index >= 15 is 0 Å². The fourth-order valence-electron chi connectivity index (χ4n) is 3.08. The predicted molar refractivity (Wildman–Crippen MR) is 111 cm³/mol. The molecular weight excluding hydrogens is 372 g/mol. The number of carbonyl (C=O) groups is 1. The number of aromatic nitrogens is 2. The Kier molecular flexibility index (Phi) is 5.62. The molecule has 2 heterocycles. The van der Waals surface area contributed by atoms with Gasteiger partial charge in [-0.25, -0.2) is 0 Å². The molecule has 0 fully saturated rings. The Balaban J connectivity index is 1.93. The van der Waals surface area contributed by atoms with Crippen molar-refractivity contribution in [3.63, 3.8) is 0 Å². The summed E-state index contributed by atoms with van der Waals surface area (Å²) in [4.78, 5) is 16.8. The Bertz CT molecular complexity index is 1110. The predicted octanol–water partition coefficient (Wildman–Crippen LogP) is 5.00. The van der Waals surface area contributed by atoms with Crippen LogP contribution in [-0.2, 0) is 4.79 Å². The van der Waals surface area contributed by atoms with Gasteiger partial charge < -0.3 is 9.88 Å². The second kappa shape index (κ2) is 8.12. The lowest BCUT2D eigenvalue weighted by Crippen LogP contribution is -2.14. The smallest absolute Gasteiger partial charge is 0.266 e. The highest BCUT2D eigenvalue weighted by atomic mass is 35.5. The van der Waals surface area contributed by atoms with Crippen LogP contribution in [0.3, 0.4) is 0 Å². The minimum Gasteiger partial charge on any atom is -0.321 e. The number of carbonyl (C=O) groups excluding carboxylic acids is 1. The van der Waals surface area contributed by atoms with Gasteiger partial charge in [-0.15, -0.1) is 0 Å². The summed E-state index contributed by atoms with van der Waals surface area (Å²) in [6.45, 7) is 5.77. The number of halogens is 1. The van der Waals surface area contributed by atoms with E-state index in [1.54, 1.807) is 36.7 Å². The molecule has 0 radical (unpaired) electrons.